The molecule has 0 aliphatic carbocycles. The molecule has 0 saturated carbocycles. The minimum absolute atomic E-state index is 0.987. The van der Waals surface area contributed by atoms with Crippen molar-refractivity contribution >= 4 is 5.71 Å². The van der Waals surface area contributed by atoms with E-state index < -0.39 is 0 Å². The Balaban J connectivity index is 2.61. The van der Waals surface area contributed by atoms with Crippen molar-refractivity contribution in [2.24, 2.45) is 10.7 Å². The maximum Gasteiger partial charge on any atom is 0.0396 e. The van der Waals surface area contributed by atoms with E-state index in [1.807, 2.05) is 6.92 Å². The summed E-state index contributed by atoms with van der Waals surface area (Å²) < 4.78 is 0. The van der Waals surface area contributed by atoms with Crippen molar-refractivity contribution in [2.75, 3.05) is 6.54 Å². The van der Waals surface area contributed by atoms with E-state index in [2.05, 4.69) is 4.99 Å². The second-order valence-electron chi connectivity index (χ2n) is 2.28. The van der Waals surface area contributed by atoms with Crippen molar-refractivity contribution in [1.29, 1.82) is 0 Å². The van der Waals surface area contributed by atoms with Crippen LogP contribution in [0.4, 0.5) is 0 Å². The number of rotatable bonds is 1. The lowest BCUT2D eigenvalue weighted by atomic mass is 10.1. The first-order valence-corrected chi connectivity index (χ1v) is 3.27. The van der Waals surface area contributed by atoms with E-state index in [1.165, 1.54) is 12.1 Å². The summed E-state index contributed by atoms with van der Waals surface area (Å²) in [4.78, 5) is 4.27. The molecule has 2 heteroatoms. The second kappa shape index (κ2) is 2.67. The first-order valence-electron chi connectivity index (χ1n) is 3.27. The van der Waals surface area contributed by atoms with Crippen LogP contribution in [0.5, 0.6) is 0 Å². The van der Waals surface area contributed by atoms with E-state index in [0.29, 0.717) is 0 Å². The number of nitrogens with zero attached hydrogens (tertiary/aromatic N) is 1. The number of allylic oxidation sites excluding steroid dienone is 1. The molecule has 0 bridgehead atoms. The highest BCUT2D eigenvalue weighted by Gasteiger charge is 2.06. The third kappa shape index (κ3) is 1.31. The summed E-state index contributed by atoms with van der Waals surface area (Å²) in [5, 5.41) is 0. The molecule has 1 heterocycles. The zero-order chi connectivity index (χ0) is 6.69. The van der Waals surface area contributed by atoms with Crippen molar-refractivity contribution in [2.45, 2.75) is 19.8 Å². The second-order valence-corrected chi connectivity index (χ2v) is 2.28. The lowest BCUT2D eigenvalue weighted by Crippen LogP contribution is -1.97. The van der Waals surface area contributed by atoms with E-state index in [9.17, 15) is 0 Å². The summed E-state index contributed by atoms with van der Waals surface area (Å²) in [5.41, 5.74) is 7.63. The maximum absolute atomic E-state index is 5.31. The van der Waals surface area contributed by atoms with Crippen molar-refractivity contribution in [3.63, 3.8) is 0 Å². The van der Waals surface area contributed by atoms with Gasteiger partial charge in [-0.25, -0.2) is 0 Å². The predicted molar refractivity (Wildman–Crippen MR) is 39.5 cm³/mol. The molecule has 2 nitrogen and oxygen atoms in total. The van der Waals surface area contributed by atoms with Gasteiger partial charge in [0.05, 0.1) is 0 Å². The number of nitrogens with two attached hydrogens (primary N) is 1. The molecular formula is C7H12N2. The summed E-state index contributed by atoms with van der Waals surface area (Å²) in [7, 11) is 0. The molecule has 0 aromatic rings. The SMILES string of the molecule is C/C(=C/N)C1=NCCC1. The molecule has 50 valence electrons. The van der Waals surface area contributed by atoms with Crippen molar-refractivity contribution in [1.82, 2.24) is 0 Å². The van der Waals surface area contributed by atoms with Crippen molar-refractivity contribution < 1.29 is 0 Å². The topological polar surface area (TPSA) is 38.4 Å². The fraction of sp³-hybridized carbons (Fsp3) is 0.571. The summed E-state index contributed by atoms with van der Waals surface area (Å²) in [6.07, 6.45) is 3.93. The molecule has 1 rings (SSSR count). The monoisotopic (exact) mass is 124 g/mol. The Bertz CT molecular complexity index is 156. The minimum atomic E-state index is 0.987. The van der Waals surface area contributed by atoms with Gasteiger partial charge in [-0.3, -0.25) is 4.99 Å². The third-order valence-electron chi connectivity index (χ3n) is 1.58. The van der Waals surface area contributed by atoms with Crippen molar-refractivity contribution in [3.05, 3.63) is 11.8 Å². The highest BCUT2D eigenvalue weighted by atomic mass is 14.8. The summed E-state index contributed by atoms with van der Waals surface area (Å²) in [6, 6.07) is 0. The van der Waals surface area contributed by atoms with Gasteiger partial charge in [-0.1, -0.05) is 0 Å². The van der Waals surface area contributed by atoms with Gasteiger partial charge in [0.25, 0.3) is 0 Å². The highest BCUT2D eigenvalue weighted by Crippen LogP contribution is 2.09. The van der Waals surface area contributed by atoms with E-state index in [-0.39, 0.29) is 0 Å². The molecule has 0 saturated heterocycles. The summed E-state index contributed by atoms with van der Waals surface area (Å²) in [5.74, 6) is 0. The third-order valence-corrected chi connectivity index (χ3v) is 1.58. The standard InChI is InChI=1S/C7H12N2/c1-6(5-8)7-3-2-4-9-7/h5H,2-4,8H2,1H3/b6-5-. The molecule has 2 N–H and O–H groups in total. The van der Waals surface area contributed by atoms with Gasteiger partial charge in [0.2, 0.25) is 0 Å². The Labute approximate surface area is 55.5 Å². The molecule has 0 aromatic carbocycles. The summed E-state index contributed by atoms with van der Waals surface area (Å²) in [6.45, 7) is 2.99. The molecule has 0 aromatic heterocycles. The van der Waals surface area contributed by atoms with Crippen LogP contribution >= 0.6 is 0 Å². The quantitative estimate of drug-likeness (QED) is 0.558. The molecule has 0 amide bonds. The largest absolute Gasteiger partial charge is 0.404 e. The first kappa shape index (κ1) is 6.33. The maximum atomic E-state index is 5.31. The molecule has 1 aliphatic heterocycles. The average Bonchev–Trinajstić information content (AvgIpc) is 2.37. The zero-order valence-corrected chi connectivity index (χ0v) is 5.72. The van der Waals surface area contributed by atoms with E-state index >= 15 is 0 Å². The van der Waals surface area contributed by atoms with E-state index in [0.717, 1.165) is 18.5 Å². The molecule has 9 heavy (non-hydrogen) atoms. The zero-order valence-electron chi connectivity index (χ0n) is 5.72. The van der Waals surface area contributed by atoms with E-state index in [1.54, 1.807) is 6.20 Å². The van der Waals surface area contributed by atoms with Gasteiger partial charge in [-0.2, -0.15) is 0 Å². The fourth-order valence-corrected chi connectivity index (χ4v) is 0.958. The van der Waals surface area contributed by atoms with Gasteiger partial charge in [0, 0.05) is 12.3 Å². The molecule has 0 atom stereocenters. The van der Waals surface area contributed by atoms with Crippen LogP contribution in [0.25, 0.3) is 0 Å². The Morgan fingerprint density at radius 1 is 1.78 bits per heavy atom. The lowest BCUT2D eigenvalue weighted by Gasteiger charge is -1.95. The number of aliphatic imine (C=N–C) groups is 1. The van der Waals surface area contributed by atoms with Gasteiger partial charge in [0.1, 0.15) is 0 Å². The van der Waals surface area contributed by atoms with Gasteiger partial charge in [-0.15, -0.1) is 0 Å². The van der Waals surface area contributed by atoms with Gasteiger partial charge >= 0.3 is 0 Å². The highest BCUT2D eigenvalue weighted by molar-refractivity contribution is 6.00. The van der Waals surface area contributed by atoms with E-state index in [4.69, 9.17) is 5.73 Å². The number of hydrogen-bond donors (Lipinski definition) is 1. The van der Waals surface area contributed by atoms with Crippen molar-refractivity contribution in [3.8, 4) is 0 Å². The molecule has 0 spiro atoms. The van der Waals surface area contributed by atoms with Crippen LogP contribution < -0.4 is 5.73 Å². The van der Waals surface area contributed by atoms with Crippen LogP contribution in [-0.4, -0.2) is 12.3 Å². The summed E-state index contributed by atoms with van der Waals surface area (Å²) >= 11 is 0. The van der Waals surface area contributed by atoms with Crippen LogP contribution in [0, 0.1) is 0 Å². The average molecular weight is 124 g/mol. The first-order chi connectivity index (χ1) is 4.34. The van der Waals surface area contributed by atoms with Crippen LogP contribution in [0.1, 0.15) is 19.8 Å². The molecule has 0 unspecified atom stereocenters. The Morgan fingerprint density at radius 2 is 2.56 bits per heavy atom. The fourth-order valence-electron chi connectivity index (χ4n) is 0.958. The van der Waals surface area contributed by atoms with Crippen LogP contribution in [0.15, 0.2) is 16.8 Å². The Hall–Kier alpha value is -0.790. The van der Waals surface area contributed by atoms with Gasteiger partial charge < -0.3 is 5.73 Å². The van der Waals surface area contributed by atoms with Gasteiger partial charge in [-0.05, 0) is 31.5 Å². The normalized spacial score (nSPS) is 20.1. The van der Waals surface area contributed by atoms with Gasteiger partial charge in [0.15, 0.2) is 0 Å². The molecular weight excluding hydrogens is 112 g/mol. The molecule has 0 fully saturated rings. The lowest BCUT2D eigenvalue weighted by molar-refractivity contribution is 0.951. The van der Waals surface area contributed by atoms with Crippen LogP contribution in [0.3, 0.4) is 0 Å². The molecule has 1 aliphatic rings. The number of hydrogen-bond acceptors (Lipinski definition) is 2. The van der Waals surface area contributed by atoms with Crippen LogP contribution in [-0.2, 0) is 0 Å². The molecule has 0 radical (unpaired) electrons. The van der Waals surface area contributed by atoms with Crippen LogP contribution in [0.2, 0.25) is 0 Å². The predicted octanol–water partition coefficient (Wildman–Crippen LogP) is 1.08. The minimum Gasteiger partial charge on any atom is -0.404 e. The Kier molecular flexibility index (Phi) is 1.88. The smallest absolute Gasteiger partial charge is 0.0396 e. The Morgan fingerprint density at radius 3 is 3.00 bits per heavy atom.